The van der Waals surface area contributed by atoms with Gasteiger partial charge in [-0.2, -0.15) is 0 Å². The number of carboxylic acid groups (broad SMARTS) is 1. The van der Waals surface area contributed by atoms with E-state index in [1.807, 2.05) is 6.92 Å². The van der Waals surface area contributed by atoms with Gasteiger partial charge in [0.25, 0.3) is 5.91 Å². The quantitative estimate of drug-likeness (QED) is 0.797. The number of hydrogen-bond donors (Lipinski definition) is 2. The Labute approximate surface area is 126 Å². The van der Waals surface area contributed by atoms with Crippen LogP contribution in [0.15, 0.2) is 22.7 Å². The van der Waals surface area contributed by atoms with Gasteiger partial charge < -0.3 is 15.2 Å². The maximum atomic E-state index is 12.1. The van der Waals surface area contributed by atoms with Crippen LogP contribution >= 0.6 is 15.9 Å². The number of methoxy groups -OCH3 is 1. The second-order valence-corrected chi connectivity index (χ2v) is 5.51. The third-order valence-electron chi connectivity index (χ3n) is 2.87. The molecule has 1 aromatic rings. The van der Waals surface area contributed by atoms with Crippen LogP contribution in [0.1, 0.15) is 30.1 Å². The average molecular weight is 344 g/mol. The number of carbonyl (C=O) groups is 2. The predicted octanol–water partition coefficient (Wildman–Crippen LogP) is 2.69. The monoisotopic (exact) mass is 343 g/mol. The van der Waals surface area contributed by atoms with Crippen molar-refractivity contribution in [3.05, 3.63) is 28.2 Å². The Bertz CT molecular complexity index is 490. The molecule has 0 bridgehead atoms. The van der Waals surface area contributed by atoms with Crippen LogP contribution in [0.3, 0.4) is 0 Å². The van der Waals surface area contributed by atoms with Crippen molar-refractivity contribution in [1.82, 2.24) is 5.32 Å². The van der Waals surface area contributed by atoms with Gasteiger partial charge in [-0.3, -0.25) is 9.59 Å². The first-order valence-corrected chi connectivity index (χ1v) is 7.07. The Morgan fingerprint density at radius 2 is 2.15 bits per heavy atom. The molecule has 0 aromatic heterocycles. The Morgan fingerprint density at radius 1 is 1.45 bits per heavy atom. The third kappa shape index (κ3) is 5.21. The van der Waals surface area contributed by atoms with Gasteiger partial charge in [-0.15, -0.1) is 0 Å². The first-order chi connectivity index (χ1) is 9.43. The van der Waals surface area contributed by atoms with Crippen molar-refractivity contribution in [2.75, 3.05) is 13.7 Å². The Kier molecular flexibility index (Phi) is 6.51. The molecule has 1 atom stereocenters. The summed E-state index contributed by atoms with van der Waals surface area (Å²) in [5, 5.41) is 11.4. The lowest BCUT2D eigenvalue weighted by molar-refractivity contribution is -0.137. The van der Waals surface area contributed by atoms with Gasteiger partial charge in [0.2, 0.25) is 0 Å². The van der Waals surface area contributed by atoms with Crippen LogP contribution < -0.4 is 10.1 Å². The average Bonchev–Trinajstić information content (AvgIpc) is 2.42. The highest BCUT2D eigenvalue weighted by Gasteiger charge is 2.13. The Balaban J connectivity index is 2.56. The summed E-state index contributed by atoms with van der Waals surface area (Å²) in [6.07, 6.45) is 0.645. The van der Waals surface area contributed by atoms with E-state index in [0.717, 1.165) is 4.47 Å². The molecule has 2 N–H and O–H groups in total. The Hall–Kier alpha value is -1.56. The number of hydrogen-bond acceptors (Lipinski definition) is 3. The molecule has 1 aromatic carbocycles. The van der Waals surface area contributed by atoms with E-state index < -0.39 is 5.97 Å². The highest BCUT2D eigenvalue weighted by atomic mass is 79.9. The minimum absolute atomic E-state index is 0.108. The van der Waals surface area contributed by atoms with Crippen LogP contribution in [0.2, 0.25) is 0 Å². The molecule has 20 heavy (non-hydrogen) atoms. The van der Waals surface area contributed by atoms with E-state index in [1.54, 1.807) is 18.2 Å². The van der Waals surface area contributed by atoms with Gasteiger partial charge in [0.15, 0.2) is 0 Å². The predicted molar refractivity (Wildman–Crippen MR) is 79.1 cm³/mol. The molecule has 5 nitrogen and oxygen atoms in total. The number of ether oxygens (including phenoxy) is 1. The number of carbonyl (C=O) groups excluding carboxylic acids is 1. The van der Waals surface area contributed by atoms with E-state index in [1.165, 1.54) is 7.11 Å². The number of halogens is 1. The lowest BCUT2D eigenvalue weighted by Crippen LogP contribution is -2.28. The maximum absolute atomic E-state index is 12.1. The van der Waals surface area contributed by atoms with Crippen LogP contribution in [-0.4, -0.2) is 30.6 Å². The molecule has 6 heteroatoms. The van der Waals surface area contributed by atoms with Crippen LogP contribution in [0.25, 0.3) is 0 Å². The molecule has 0 aliphatic heterocycles. The zero-order chi connectivity index (χ0) is 15.1. The van der Waals surface area contributed by atoms with E-state index in [4.69, 9.17) is 9.84 Å². The van der Waals surface area contributed by atoms with Crippen molar-refractivity contribution >= 4 is 27.8 Å². The highest BCUT2D eigenvalue weighted by molar-refractivity contribution is 9.10. The third-order valence-corrected chi connectivity index (χ3v) is 3.36. The fraction of sp³-hybridized carbons (Fsp3) is 0.429. The van der Waals surface area contributed by atoms with Gasteiger partial charge in [-0.05, 0) is 30.5 Å². The van der Waals surface area contributed by atoms with Gasteiger partial charge in [0.1, 0.15) is 5.75 Å². The van der Waals surface area contributed by atoms with E-state index in [0.29, 0.717) is 24.3 Å². The summed E-state index contributed by atoms with van der Waals surface area (Å²) in [5.74, 6) is -0.444. The molecule has 110 valence electrons. The number of rotatable bonds is 7. The smallest absolute Gasteiger partial charge is 0.303 e. The summed E-state index contributed by atoms with van der Waals surface area (Å²) >= 11 is 3.32. The number of amides is 1. The zero-order valence-electron chi connectivity index (χ0n) is 11.5. The summed E-state index contributed by atoms with van der Waals surface area (Å²) < 4.78 is 6.00. The minimum atomic E-state index is -0.822. The van der Waals surface area contributed by atoms with E-state index in [-0.39, 0.29) is 18.2 Å². The van der Waals surface area contributed by atoms with Crippen LogP contribution in [0.5, 0.6) is 5.75 Å². The van der Waals surface area contributed by atoms with Gasteiger partial charge in [0.05, 0.1) is 12.7 Å². The van der Waals surface area contributed by atoms with E-state index >= 15 is 0 Å². The van der Waals surface area contributed by atoms with Crippen molar-refractivity contribution in [2.45, 2.75) is 19.8 Å². The van der Waals surface area contributed by atoms with Crippen molar-refractivity contribution in [3.63, 3.8) is 0 Å². The van der Waals surface area contributed by atoms with Crippen molar-refractivity contribution in [1.29, 1.82) is 0 Å². The summed E-state index contributed by atoms with van der Waals surface area (Å²) in [7, 11) is 1.51. The number of carboxylic acids is 1. The van der Waals surface area contributed by atoms with Crippen LogP contribution in [-0.2, 0) is 4.79 Å². The molecule has 0 fully saturated rings. The molecule has 0 aliphatic rings. The van der Waals surface area contributed by atoms with Crippen molar-refractivity contribution < 1.29 is 19.4 Å². The van der Waals surface area contributed by atoms with Crippen LogP contribution in [0, 0.1) is 5.92 Å². The van der Waals surface area contributed by atoms with Crippen LogP contribution in [0.4, 0.5) is 0 Å². The Morgan fingerprint density at radius 3 is 2.75 bits per heavy atom. The molecule has 0 spiro atoms. The van der Waals surface area contributed by atoms with Gasteiger partial charge in [-0.1, -0.05) is 22.9 Å². The SMILES string of the molecule is COc1cc(Br)ccc1C(=O)NCC(C)CCC(=O)O. The zero-order valence-corrected chi connectivity index (χ0v) is 13.1. The molecule has 0 heterocycles. The molecule has 0 saturated carbocycles. The summed E-state index contributed by atoms with van der Waals surface area (Å²) in [5.41, 5.74) is 0.459. The standard InChI is InChI=1S/C14H18BrNO4/c1-9(3-6-13(17)18)8-16-14(19)11-5-4-10(15)7-12(11)20-2/h4-5,7,9H,3,6,8H2,1-2H3,(H,16,19)(H,17,18). The molecular formula is C14H18BrNO4. The topological polar surface area (TPSA) is 75.6 Å². The fourth-order valence-electron chi connectivity index (χ4n) is 1.69. The summed E-state index contributed by atoms with van der Waals surface area (Å²) in [4.78, 5) is 22.5. The maximum Gasteiger partial charge on any atom is 0.303 e. The lowest BCUT2D eigenvalue weighted by Gasteiger charge is -2.13. The molecule has 0 saturated heterocycles. The molecule has 1 rings (SSSR count). The largest absolute Gasteiger partial charge is 0.496 e. The molecule has 1 unspecified atom stereocenters. The van der Waals surface area contributed by atoms with E-state index in [2.05, 4.69) is 21.2 Å². The first-order valence-electron chi connectivity index (χ1n) is 6.27. The lowest BCUT2D eigenvalue weighted by atomic mass is 10.1. The van der Waals surface area contributed by atoms with E-state index in [9.17, 15) is 9.59 Å². The van der Waals surface area contributed by atoms with Gasteiger partial charge in [-0.25, -0.2) is 0 Å². The number of nitrogens with one attached hydrogen (secondary N) is 1. The minimum Gasteiger partial charge on any atom is -0.496 e. The number of benzene rings is 1. The highest BCUT2D eigenvalue weighted by Crippen LogP contribution is 2.23. The molecule has 0 aliphatic carbocycles. The van der Waals surface area contributed by atoms with Crippen molar-refractivity contribution in [3.8, 4) is 5.75 Å². The molecule has 0 radical (unpaired) electrons. The van der Waals surface area contributed by atoms with Gasteiger partial charge in [0, 0.05) is 17.4 Å². The second-order valence-electron chi connectivity index (χ2n) is 4.59. The van der Waals surface area contributed by atoms with Gasteiger partial charge >= 0.3 is 5.97 Å². The summed E-state index contributed by atoms with van der Waals surface area (Å²) in [6.45, 7) is 2.34. The second kappa shape index (κ2) is 7.89. The summed E-state index contributed by atoms with van der Waals surface area (Å²) in [6, 6.07) is 5.17. The fourth-order valence-corrected chi connectivity index (χ4v) is 2.03. The van der Waals surface area contributed by atoms with Crippen molar-refractivity contribution in [2.24, 2.45) is 5.92 Å². The normalized spacial score (nSPS) is 11.8. The first kappa shape index (κ1) is 16.5. The molecular weight excluding hydrogens is 326 g/mol. The molecule has 1 amide bonds. The number of aliphatic carboxylic acids is 1.